The molecule has 0 aliphatic rings. The zero-order valence-corrected chi connectivity index (χ0v) is 9.21. The van der Waals surface area contributed by atoms with Gasteiger partial charge in [-0.15, -0.1) is 0 Å². The van der Waals surface area contributed by atoms with Crippen molar-refractivity contribution in [2.75, 3.05) is 0 Å². The van der Waals surface area contributed by atoms with Crippen LogP contribution in [0, 0.1) is 17.1 Å². The van der Waals surface area contributed by atoms with Crippen molar-refractivity contribution >= 4 is 5.65 Å². The summed E-state index contributed by atoms with van der Waals surface area (Å²) >= 11 is 0. The molecule has 0 aliphatic carbocycles. The number of aromatic nitrogens is 3. The van der Waals surface area contributed by atoms with Crippen molar-refractivity contribution < 1.29 is 4.39 Å². The Morgan fingerprint density at radius 3 is 2.94 bits per heavy atom. The maximum atomic E-state index is 13.2. The number of hydrogen-bond donors (Lipinski definition) is 0. The van der Waals surface area contributed by atoms with Crippen molar-refractivity contribution in [3.8, 4) is 17.3 Å². The van der Waals surface area contributed by atoms with E-state index in [-0.39, 0.29) is 5.82 Å². The van der Waals surface area contributed by atoms with Gasteiger partial charge in [-0.05, 0) is 18.2 Å². The molecule has 0 aliphatic heterocycles. The highest BCUT2D eigenvalue weighted by atomic mass is 19.1. The van der Waals surface area contributed by atoms with Crippen molar-refractivity contribution in [2.45, 2.75) is 0 Å². The SMILES string of the molecule is N#Cc1cnn2c(-c3cccc(F)c3)ccnc12. The molecule has 5 heteroatoms. The van der Waals surface area contributed by atoms with Crippen LogP contribution in [0.1, 0.15) is 5.56 Å². The van der Waals surface area contributed by atoms with Crippen LogP contribution < -0.4 is 0 Å². The Labute approximate surface area is 102 Å². The van der Waals surface area contributed by atoms with Gasteiger partial charge < -0.3 is 0 Å². The van der Waals surface area contributed by atoms with Crippen LogP contribution in [-0.4, -0.2) is 14.6 Å². The largest absolute Gasteiger partial charge is 0.236 e. The minimum atomic E-state index is -0.315. The quantitative estimate of drug-likeness (QED) is 0.654. The summed E-state index contributed by atoms with van der Waals surface area (Å²) in [7, 11) is 0. The lowest BCUT2D eigenvalue weighted by atomic mass is 10.1. The molecule has 2 aromatic heterocycles. The van der Waals surface area contributed by atoms with E-state index < -0.39 is 0 Å². The number of hydrogen-bond acceptors (Lipinski definition) is 3. The van der Waals surface area contributed by atoms with E-state index in [1.807, 2.05) is 6.07 Å². The first-order valence-corrected chi connectivity index (χ1v) is 5.28. The number of rotatable bonds is 1. The van der Waals surface area contributed by atoms with Crippen LogP contribution in [0.3, 0.4) is 0 Å². The predicted octanol–water partition coefficient (Wildman–Crippen LogP) is 2.41. The first-order valence-electron chi connectivity index (χ1n) is 5.28. The third-order valence-electron chi connectivity index (χ3n) is 2.64. The van der Waals surface area contributed by atoms with Crippen LogP contribution in [0.25, 0.3) is 16.9 Å². The second-order valence-electron chi connectivity index (χ2n) is 3.75. The summed E-state index contributed by atoms with van der Waals surface area (Å²) in [6, 6.07) is 9.97. The monoisotopic (exact) mass is 238 g/mol. The number of nitrogens with zero attached hydrogens (tertiary/aromatic N) is 4. The maximum Gasteiger partial charge on any atom is 0.173 e. The second kappa shape index (κ2) is 3.93. The number of benzene rings is 1. The predicted molar refractivity (Wildman–Crippen MR) is 63.1 cm³/mol. The van der Waals surface area contributed by atoms with Gasteiger partial charge in [-0.2, -0.15) is 10.4 Å². The van der Waals surface area contributed by atoms with Crippen LogP contribution in [0.4, 0.5) is 4.39 Å². The van der Waals surface area contributed by atoms with Crippen LogP contribution in [0.5, 0.6) is 0 Å². The summed E-state index contributed by atoms with van der Waals surface area (Å²) in [4.78, 5) is 4.10. The molecule has 0 saturated carbocycles. The molecule has 0 saturated heterocycles. The standard InChI is InChI=1S/C13H7FN4/c14-11-3-1-2-9(6-11)12-4-5-16-13-10(7-15)8-17-18(12)13/h1-6,8H. The van der Waals surface area contributed by atoms with Crippen LogP contribution in [0.15, 0.2) is 42.7 Å². The second-order valence-corrected chi connectivity index (χ2v) is 3.75. The van der Waals surface area contributed by atoms with Crippen molar-refractivity contribution in [2.24, 2.45) is 0 Å². The molecule has 4 nitrogen and oxygen atoms in total. The smallest absolute Gasteiger partial charge is 0.173 e. The molecule has 86 valence electrons. The third-order valence-corrected chi connectivity index (χ3v) is 2.64. The fraction of sp³-hybridized carbons (Fsp3) is 0. The molecule has 0 amide bonds. The molecule has 0 fully saturated rings. The topological polar surface area (TPSA) is 54.0 Å². The summed E-state index contributed by atoms with van der Waals surface area (Å²) < 4.78 is 14.8. The van der Waals surface area contributed by atoms with E-state index in [9.17, 15) is 4.39 Å². The van der Waals surface area contributed by atoms with Crippen molar-refractivity contribution in [1.29, 1.82) is 5.26 Å². The van der Waals surface area contributed by atoms with Crippen molar-refractivity contribution in [1.82, 2.24) is 14.6 Å². The molecule has 3 rings (SSSR count). The molecule has 0 atom stereocenters. The highest BCUT2D eigenvalue weighted by Crippen LogP contribution is 2.21. The van der Waals surface area contributed by atoms with Gasteiger partial charge in [0.25, 0.3) is 0 Å². The fourth-order valence-corrected chi connectivity index (χ4v) is 1.84. The van der Waals surface area contributed by atoms with Gasteiger partial charge in [0.1, 0.15) is 17.4 Å². The Bertz CT molecular complexity index is 770. The van der Waals surface area contributed by atoms with Gasteiger partial charge in [0.2, 0.25) is 0 Å². The van der Waals surface area contributed by atoms with E-state index in [4.69, 9.17) is 5.26 Å². The normalized spacial score (nSPS) is 10.4. The Morgan fingerprint density at radius 1 is 1.28 bits per heavy atom. The average molecular weight is 238 g/mol. The summed E-state index contributed by atoms with van der Waals surface area (Å²) in [6.45, 7) is 0. The van der Waals surface area contributed by atoms with Crippen molar-refractivity contribution in [3.63, 3.8) is 0 Å². The molecule has 0 unspecified atom stereocenters. The Hall–Kier alpha value is -2.74. The van der Waals surface area contributed by atoms with Gasteiger partial charge in [-0.3, -0.25) is 0 Å². The Kier molecular flexibility index (Phi) is 2.27. The highest BCUT2D eigenvalue weighted by Gasteiger charge is 2.09. The molecule has 0 bridgehead atoms. The van der Waals surface area contributed by atoms with Crippen LogP contribution in [0.2, 0.25) is 0 Å². The van der Waals surface area contributed by atoms with Gasteiger partial charge >= 0.3 is 0 Å². The first kappa shape index (κ1) is 10.4. The highest BCUT2D eigenvalue weighted by molar-refractivity contribution is 5.65. The zero-order chi connectivity index (χ0) is 12.5. The van der Waals surface area contributed by atoms with Gasteiger partial charge in [0.05, 0.1) is 11.9 Å². The van der Waals surface area contributed by atoms with Crippen molar-refractivity contribution in [3.05, 3.63) is 54.1 Å². The molecule has 1 aromatic carbocycles. The zero-order valence-electron chi connectivity index (χ0n) is 9.21. The van der Waals surface area contributed by atoms with Gasteiger partial charge in [-0.25, -0.2) is 13.9 Å². The lowest BCUT2D eigenvalue weighted by molar-refractivity contribution is 0.628. The van der Waals surface area contributed by atoms with E-state index in [1.165, 1.54) is 22.8 Å². The lowest BCUT2D eigenvalue weighted by Gasteiger charge is -2.04. The first-order chi connectivity index (χ1) is 8.79. The van der Waals surface area contributed by atoms with Crippen LogP contribution >= 0.6 is 0 Å². The van der Waals surface area contributed by atoms with Crippen LogP contribution in [-0.2, 0) is 0 Å². The molecule has 3 aromatic rings. The van der Waals surface area contributed by atoms with E-state index in [1.54, 1.807) is 24.4 Å². The Morgan fingerprint density at radius 2 is 2.17 bits per heavy atom. The summed E-state index contributed by atoms with van der Waals surface area (Å²) in [5.74, 6) is -0.315. The van der Waals surface area contributed by atoms with E-state index >= 15 is 0 Å². The van der Waals surface area contributed by atoms with Gasteiger partial charge in [-0.1, -0.05) is 12.1 Å². The summed E-state index contributed by atoms with van der Waals surface area (Å²) in [6.07, 6.45) is 3.03. The van der Waals surface area contributed by atoms with E-state index in [2.05, 4.69) is 10.1 Å². The molecule has 0 spiro atoms. The van der Waals surface area contributed by atoms with E-state index in [0.717, 1.165) is 0 Å². The number of halogens is 1. The maximum absolute atomic E-state index is 13.2. The number of fused-ring (bicyclic) bond motifs is 1. The number of nitriles is 1. The molecule has 18 heavy (non-hydrogen) atoms. The minimum Gasteiger partial charge on any atom is -0.236 e. The average Bonchev–Trinajstić information content (AvgIpc) is 2.81. The molecule has 2 heterocycles. The molecule has 0 radical (unpaired) electrons. The summed E-state index contributed by atoms with van der Waals surface area (Å²) in [5.41, 5.74) is 2.25. The van der Waals surface area contributed by atoms with E-state index in [0.29, 0.717) is 22.5 Å². The van der Waals surface area contributed by atoms with Gasteiger partial charge in [0, 0.05) is 11.8 Å². The third kappa shape index (κ3) is 1.52. The molecular weight excluding hydrogens is 231 g/mol. The Balaban J connectivity index is 2.31. The fourth-order valence-electron chi connectivity index (χ4n) is 1.84. The molecule has 0 N–H and O–H groups in total. The lowest BCUT2D eigenvalue weighted by Crippen LogP contribution is -1.96. The summed E-state index contributed by atoms with van der Waals surface area (Å²) in [5, 5.41) is 13.0. The molecular formula is C13H7FN4. The van der Waals surface area contributed by atoms with Gasteiger partial charge in [0.15, 0.2) is 5.65 Å². The minimum absolute atomic E-state index is 0.315.